The number of nitrogens with zero attached hydrogens (tertiary/aromatic N) is 1. The van der Waals surface area contributed by atoms with Gasteiger partial charge in [0.1, 0.15) is 12.4 Å². The van der Waals surface area contributed by atoms with E-state index >= 15 is 0 Å². The molecule has 0 bridgehead atoms. The van der Waals surface area contributed by atoms with Crippen LogP contribution in [0.2, 0.25) is 0 Å². The van der Waals surface area contributed by atoms with Crippen molar-refractivity contribution in [1.82, 2.24) is 10.2 Å². The van der Waals surface area contributed by atoms with Gasteiger partial charge in [-0.1, -0.05) is 32.0 Å². The van der Waals surface area contributed by atoms with E-state index in [2.05, 4.69) is 24.1 Å². The fourth-order valence-corrected chi connectivity index (χ4v) is 3.19. The highest BCUT2D eigenvalue weighted by Gasteiger charge is 2.09. The van der Waals surface area contributed by atoms with E-state index in [1.165, 1.54) is 0 Å². The summed E-state index contributed by atoms with van der Waals surface area (Å²) in [7, 11) is 3.26. The van der Waals surface area contributed by atoms with E-state index in [0.717, 1.165) is 42.1 Å². The van der Waals surface area contributed by atoms with Crippen LogP contribution in [0.4, 0.5) is 0 Å². The lowest BCUT2D eigenvalue weighted by atomic mass is 10.1. The standard InChI is InChI=1S/C24H34N2O4/c1-6-26(7-2)12-13-30-21-11-10-20(15-23(21)29-5)17-25-24(27)16-19-9-8-18(3)22(14-19)28-4/h8-11,14-15H,6-7,12-13,16-17H2,1-5H3,(H,25,27). The molecule has 30 heavy (non-hydrogen) atoms. The number of amides is 1. The summed E-state index contributed by atoms with van der Waals surface area (Å²) in [6.07, 6.45) is 0.306. The van der Waals surface area contributed by atoms with Gasteiger partial charge in [0.25, 0.3) is 0 Å². The molecule has 0 fully saturated rings. The van der Waals surface area contributed by atoms with Crippen LogP contribution in [0.1, 0.15) is 30.5 Å². The van der Waals surface area contributed by atoms with Crippen LogP contribution < -0.4 is 19.5 Å². The van der Waals surface area contributed by atoms with Gasteiger partial charge in [0.2, 0.25) is 5.91 Å². The zero-order valence-corrected chi connectivity index (χ0v) is 18.8. The summed E-state index contributed by atoms with van der Waals surface area (Å²) in [6, 6.07) is 11.6. The number of carbonyl (C=O) groups excluding carboxylic acids is 1. The van der Waals surface area contributed by atoms with Gasteiger partial charge in [0.15, 0.2) is 11.5 Å². The zero-order chi connectivity index (χ0) is 21.9. The number of aryl methyl sites for hydroxylation is 1. The Morgan fingerprint density at radius 3 is 2.27 bits per heavy atom. The largest absolute Gasteiger partial charge is 0.496 e. The Morgan fingerprint density at radius 1 is 0.933 bits per heavy atom. The predicted molar refractivity (Wildman–Crippen MR) is 120 cm³/mol. The van der Waals surface area contributed by atoms with E-state index < -0.39 is 0 Å². The number of hydrogen-bond acceptors (Lipinski definition) is 5. The lowest BCUT2D eigenvalue weighted by Gasteiger charge is -2.19. The van der Waals surface area contributed by atoms with Gasteiger partial charge >= 0.3 is 0 Å². The molecule has 2 aromatic rings. The molecule has 6 nitrogen and oxygen atoms in total. The van der Waals surface area contributed by atoms with Crippen LogP contribution in [-0.4, -0.2) is 51.3 Å². The summed E-state index contributed by atoms with van der Waals surface area (Å²) in [5.74, 6) is 2.14. The molecule has 0 saturated carbocycles. The molecule has 0 aromatic heterocycles. The van der Waals surface area contributed by atoms with Crippen molar-refractivity contribution >= 4 is 5.91 Å². The maximum Gasteiger partial charge on any atom is 0.224 e. The third kappa shape index (κ3) is 6.95. The zero-order valence-electron chi connectivity index (χ0n) is 18.8. The molecule has 0 aliphatic heterocycles. The van der Waals surface area contributed by atoms with Crippen molar-refractivity contribution in [3.05, 3.63) is 53.1 Å². The van der Waals surface area contributed by atoms with Gasteiger partial charge in [-0.2, -0.15) is 0 Å². The molecule has 6 heteroatoms. The van der Waals surface area contributed by atoms with E-state index in [1.54, 1.807) is 14.2 Å². The lowest BCUT2D eigenvalue weighted by Crippen LogP contribution is -2.28. The minimum absolute atomic E-state index is 0.0422. The first-order chi connectivity index (χ1) is 14.5. The minimum Gasteiger partial charge on any atom is -0.496 e. The van der Waals surface area contributed by atoms with Crippen LogP contribution in [0.5, 0.6) is 17.2 Å². The molecule has 0 unspecified atom stereocenters. The molecule has 164 valence electrons. The molecule has 0 radical (unpaired) electrons. The van der Waals surface area contributed by atoms with Crippen molar-refractivity contribution < 1.29 is 19.0 Å². The number of likely N-dealkylation sites (N-methyl/N-ethyl adjacent to an activating group) is 1. The molecule has 2 rings (SSSR count). The first kappa shape index (κ1) is 23.5. The number of benzene rings is 2. The van der Waals surface area contributed by atoms with Crippen LogP contribution in [0.25, 0.3) is 0 Å². The summed E-state index contributed by atoms with van der Waals surface area (Å²) in [5.41, 5.74) is 2.93. The third-order valence-corrected chi connectivity index (χ3v) is 5.11. The summed E-state index contributed by atoms with van der Waals surface area (Å²) < 4.78 is 16.7. The summed E-state index contributed by atoms with van der Waals surface area (Å²) in [6.45, 7) is 10.2. The number of carbonyl (C=O) groups is 1. The number of methoxy groups -OCH3 is 2. The van der Waals surface area contributed by atoms with Gasteiger partial charge in [0.05, 0.1) is 20.6 Å². The molecule has 0 aliphatic rings. The Balaban J connectivity index is 1.89. The van der Waals surface area contributed by atoms with Crippen LogP contribution in [-0.2, 0) is 17.8 Å². The summed E-state index contributed by atoms with van der Waals surface area (Å²) in [4.78, 5) is 14.6. The van der Waals surface area contributed by atoms with Crippen LogP contribution in [0.3, 0.4) is 0 Å². The molecule has 1 amide bonds. The highest BCUT2D eigenvalue weighted by molar-refractivity contribution is 5.78. The molecule has 1 N–H and O–H groups in total. The van der Waals surface area contributed by atoms with Crippen molar-refractivity contribution in [2.24, 2.45) is 0 Å². The smallest absolute Gasteiger partial charge is 0.224 e. The SMILES string of the molecule is CCN(CC)CCOc1ccc(CNC(=O)Cc2ccc(C)c(OC)c2)cc1OC. The Bertz CT molecular complexity index is 819. The minimum atomic E-state index is -0.0422. The van der Waals surface area contributed by atoms with Crippen molar-refractivity contribution in [3.63, 3.8) is 0 Å². The van der Waals surface area contributed by atoms with E-state index in [9.17, 15) is 4.79 Å². The second kappa shape index (κ2) is 12.1. The maximum atomic E-state index is 12.3. The van der Waals surface area contributed by atoms with Gasteiger partial charge in [-0.25, -0.2) is 0 Å². The van der Waals surface area contributed by atoms with Crippen molar-refractivity contribution in [3.8, 4) is 17.2 Å². The first-order valence-corrected chi connectivity index (χ1v) is 10.4. The molecule has 0 aliphatic carbocycles. The number of nitrogens with one attached hydrogen (secondary N) is 1. The van der Waals surface area contributed by atoms with Crippen LogP contribution >= 0.6 is 0 Å². The van der Waals surface area contributed by atoms with Gasteiger partial charge < -0.3 is 24.4 Å². The second-order valence-electron chi connectivity index (χ2n) is 7.12. The number of hydrogen-bond donors (Lipinski definition) is 1. The van der Waals surface area contributed by atoms with Gasteiger partial charge in [0, 0.05) is 13.1 Å². The summed E-state index contributed by atoms with van der Waals surface area (Å²) >= 11 is 0. The van der Waals surface area contributed by atoms with E-state index in [4.69, 9.17) is 14.2 Å². The molecular weight excluding hydrogens is 380 g/mol. The first-order valence-electron chi connectivity index (χ1n) is 10.4. The van der Waals surface area contributed by atoms with Crippen molar-refractivity contribution in [2.45, 2.75) is 33.7 Å². The highest BCUT2D eigenvalue weighted by Crippen LogP contribution is 2.28. The quantitative estimate of drug-likeness (QED) is 0.575. The third-order valence-electron chi connectivity index (χ3n) is 5.11. The monoisotopic (exact) mass is 414 g/mol. The highest BCUT2D eigenvalue weighted by atomic mass is 16.5. The Labute approximate surface area is 180 Å². The number of rotatable bonds is 12. The van der Waals surface area contributed by atoms with Crippen molar-refractivity contribution in [1.29, 1.82) is 0 Å². The predicted octanol–water partition coefficient (Wildman–Crippen LogP) is 3.59. The van der Waals surface area contributed by atoms with E-state index in [1.807, 2.05) is 43.3 Å². The maximum absolute atomic E-state index is 12.3. The van der Waals surface area contributed by atoms with Gasteiger partial charge in [-0.3, -0.25) is 4.79 Å². The fourth-order valence-electron chi connectivity index (χ4n) is 3.19. The molecule has 0 heterocycles. The Kier molecular flexibility index (Phi) is 9.48. The molecule has 0 atom stereocenters. The number of ether oxygens (including phenoxy) is 3. The second-order valence-corrected chi connectivity index (χ2v) is 7.12. The normalized spacial score (nSPS) is 10.7. The van der Waals surface area contributed by atoms with Gasteiger partial charge in [-0.15, -0.1) is 0 Å². The topological polar surface area (TPSA) is 60.0 Å². The van der Waals surface area contributed by atoms with Crippen LogP contribution in [0.15, 0.2) is 36.4 Å². The van der Waals surface area contributed by atoms with Crippen LogP contribution in [0, 0.1) is 6.92 Å². The van der Waals surface area contributed by atoms with E-state index in [0.29, 0.717) is 31.1 Å². The van der Waals surface area contributed by atoms with Crippen molar-refractivity contribution in [2.75, 3.05) is 40.5 Å². The fraction of sp³-hybridized carbons (Fsp3) is 0.458. The Morgan fingerprint density at radius 2 is 1.60 bits per heavy atom. The van der Waals surface area contributed by atoms with Gasteiger partial charge in [-0.05, 0) is 54.9 Å². The molecule has 2 aromatic carbocycles. The van der Waals surface area contributed by atoms with E-state index in [-0.39, 0.29) is 5.91 Å². The summed E-state index contributed by atoms with van der Waals surface area (Å²) in [5, 5.41) is 2.96. The molecular formula is C24H34N2O4. The molecule has 0 saturated heterocycles. The average Bonchev–Trinajstić information content (AvgIpc) is 2.77. The lowest BCUT2D eigenvalue weighted by molar-refractivity contribution is -0.120. The average molecular weight is 415 g/mol. The molecule has 0 spiro atoms. The Hall–Kier alpha value is -2.73.